The molecule has 0 saturated carbocycles. The molecule has 20 heavy (non-hydrogen) atoms. The third kappa shape index (κ3) is 2.93. The minimum absolute atomic E-state index is 0.125. The van der Waals surface area contributed by atoms with Gasteiger partial charge in [0.1, 0.15) is 5.82 Å². The number of nitrogens with one attached hydrogen (secondary N) is 2. The van der Waals surface area contributed by atoms with E-state index in [1.165, 1.54) is 6.07 Å². The van der Waals surface area contributed by atoms with E-state index in [0.29, 0.717) is 0 Å². The number of nitrogens with zero attached hydrogens (tertiary/aromatic N) is 1. The van der Waals surface area contributed by atoms with Gasteiger partial charge in [-0.3, -0.25) is 4.79 Å². The Hall–Kier alpha value is -1.62. The van der Waals surface area contributed by atoms with Crippen molar-refractivity contribution >= 4 is 11.6 Å². The van der Waals surface area contributed by atoms with Crippen LogP contribution in [0.1, 0.15) is 12.8 Å². The van der Waals surface area contributed by atoms with E-state index in [4.69, 9.17) is 0 Å². The number of benzene rings is 1. The van der Waals surface area contributed by atoms with E-state index in [1.807, 2.05) is 6.07 Å². The molecule has 3 rings (SSSR count). The summed E-state index contributed by atoms with van der Waals surface area (Å²) in [6.07, 6.45) is 2.02. The number of carbonyl (C=O) groups excluding carboxylic acids is 1. The number of carbonyl (C=O) groups is 1. The second kappa shape index (κ2) is 5.79. The van der Waals surface area contributed by atoms with Gasteiger partial charge in [-0.2, -0.15) is 0 Å². The molecule has 2 saturated heterocycles. The van der Waals surface area contributed by atoms with E-state index in [2.05, 4.69) is 15.5 Å². The predicted molar refractivity (Wildman–Crippen MR) is 76.1 cm³/mol. The molecule has 2 fully saturated rings. The van der Waals surface area contributed by atoms with Crippen molar-refractivity contribution in [2.45, 2.75) is 18.9 Å². The van der Waals surface area contributed by atoms with Crippen LogP contribution < -0.4 is 15.5 Å². The summed E-state index contributed by atoms with van der Waals surface area (Å²) >= 11 is 0. The van der Waals surface area contributed by atoms with Gasteiger partial charge >= 0.3 is 0 Å². The Morgan fingerprint density at radius 2 is 2.25 bits per heavy atom. The monoisotopic (exact) mass is 277 g/mol. The largest absolute Gasteiger partial charge is 0.369 e. The van der Waals surface area contributed by atoms with Crippen LogP contribution in [0.15, 0.2) is 24.3 Å². The summed E-state index contributed by atoms with van der Waals surface area (Å²) in [6, 6.07) is 6.83. The van der Waals surface area contributed by atoms with E-state index in [9.17, 15) is 9.18 Å². The molecule has 1 atom stereocenters. The van der Waals surface area contributed by atoms with Crippen molar-refractivity contribution in [1.29, 1.82) is 0 Å². The molecule has 0 aliphatic carbocycles. The molecule has 1 amide bonds. The van der Waals surface area contributed by atoms with Crippen molar-refractivity contribution < 1.29 is 9.18 Å². The highest BCUT2D eigenvalue weighted by atomic mass is 19.1. The van der Waals surface area contributed by atoms with Crippen molar-refractivity contribution in [3.8, 4) is 0 Å². The van der Waals surface area contributed by atoms with E-state index in [-0.39, 0.29) is 23.7 Å². The highest BCUT2D eigenvalue weighted by molar-refractivity contribution is 5.80. The summed E-state index contributed by atoms with van der Waals surface area (Å²) in [5, 5.41) is 6.23. The smallest absolute Gasteiger partial charge is 0.225 e. The van der Waals surface area contributed by atoms with Gasteiger partial charge in [-0.25, -0.2) is 4.39 Å². The Morgan fingerprint density at radius 1 is 1.40 bits per heavy atom. The molecular formula is C15H20FN3O. The van der Waals surface area contributed by atoms with Crippen LogP contribution >= 0.6 is 0 Å². The maximum atomic E-state index is 13.3. The molecule has 1 aromatic carbocycles. The lowest BCUT2D eigenvalue weighted by Crippen LogP contribution is -2.55. The molecule has 108 valence electrons. The van der Waals surface area contributed by atoms with Crippen LogP contribution in [0.2, 0.25) is 0 Å². The maximum Gasteiger partial charge on any atom is 0.225 e. The lowest BCUT2D eigenvalue weighted by atomic mass is 10.00. The highest BCUT2D eigenvalue weighted by Gasteiger charge is 2.28. The number of piperidine rings is 1. The fourth-order valence-electron chi connectivity index (χ4n) is 2.80. The standard InChI is InChI=1S/C15H20FN3O/c16-12-3-1-5-14(7-12)19-6-2-4-13(10-19)18-15(20)11-8-17-9-11/h1,3,5,7,11,13,17H,2,4,6,8-10H2,(H,18,20). The third-order valence-corrected chi connectivity index (χ3v) is 4.09. The van der Waals surface area contributed by atoms with Crippen molar-refractivity contribution in [3.63, 3.8) is 0 Å². The van der Waals surface area contributed by atoms with E-state index < -0.39 is 0 Å². The van der Waals surface area contributed by atoms with Crippen LogP contribution in [0.25, 0.3) is 0 Å². The van der Waals surface area contributed by atoms with Crippen LogP contribution in [0, 0.1) is 11.7 Å². The Kier molecular flexibility index (Phi) is 3.87. The number of hydrogen-bond donors (Lipinski definition) is 2. The molecule has 1 unspecified atom stereocenters. The molecule has 4 nitrogen and oxygen atoms in total. The minimum Gasteiger partial charge on any atom is -0.369 e. The number of halogens is 1. The molecule has 0 radical (unpaired) electrons. The minimum atomic E-state index is -0.214. The summed E-state index contributed by atoms with van der Waals surface area (Å²) in [4.78, 5) is 14.1. The van der Waals surface area contributed by atoms with Gasteiger partial charge < -0.3 is 15.5 Å². The summed E-state index contributed by atoms with van der Waals surface area (Å²) < 4.78 is 13.3. The van der Waals surface area contributed by atoms with Gasteiger partial charge in [0.15, 0.2) is 0 Å². The van der Waals surface area contributed by atoms with Crippen molar-refractivity contribution in [2.24, 2.45) is 5.92 Å². The van der Waals surface area contributed by atoms with Crippen LogP contribution in [0.3, 0.4) is 0 Å². The Balaban J connectivity index is 1.60. The van der Waals surface area contributed by atoms with Crippen LogP contribution in [-0.2, 0) is 4.79 Å². The molecule has 0 bridgehead atoms. The number of hydrogen-bond acceptors (Lipinski definition) is 3. The normalized spacial score (nSPS) is 23.2. The first-order chi connectivity index (χ1) is 9.72. The Labute approximate surface area is 118 Å². The molecule has 2 heterocycles. The first kappa shape index (κ1) is 13.4. The van der Waals surface area contributed by atoms with Crippen molar-refractivity contribution in [2.75, 3.05) is 31.1 Å². The summed E-state index contributed by atoms with van der Waals surface area (Å²) in [5.74, 6) is 0.0589. The lowest BCUT2D eigenvalue weighted by molar-refractivity contribution is -0.127. The topological polar surface area (TPSA) is 44.4 Å². The van der Waals surface area contributed by atoms with Gasteiger partial charge in [-0.15, -0.1) is 0 Å². The predicted octanol–water partition coefficient (Wildman–Crippen LogP) is 1.13. The fourth-order valence-corrected chi connectivity index (χ4v) is 2.80. The molecule has 0 aromatic heterocycles. The molecular weight excluding hydrogens is 257 g/mol. The Bertz CT molecular complexity index is 490. The summed E-state index contributed by atoms with van der Waals surface area (Å²) in [6.45, 7) is 3.24. The van der Waals surface area contributed by atoms with Gasteiger partial charge in [0, 0.05) is 37.9 Å². The number of anilines is 1. The first-order valence-corrected chi connectivity index (χ1v) is 7.24. The molecule has 2 aliphatic rings. The van der Waals surface area contributed by atoms with Gasteiger partial charge in [0.25, 0.3) is 0 Å². The second-order valence-electron chi connectivity index (χ2n) is 5.63. The zero-order chi connectivity index (χ0) is 13.9. The molecule has 2 N–H and O–H groups in total. The molecule has 5 heteroatoms. The third-order valence-electron chi connectivity index (χ3n) is 4.09. The highest BCUT2D eigenvalue weighted by Crippen LogP contribution is 2.21. The summed E-state index contributed by atoms with van der Waals surface area (Å²) in [7, 11) is 0. The molecule has 0 spiro atoms. The molecule has 1 aromatic rings. The van der Waals surface area contributed by atoms with Gasteiger partial charge in [-0.1, -0.05) is 6.07 Å². The van der Waals surface area contributed by atoms with E-state index in [1.54, 1.807) is 12.1 Å². The van der Waals surface area contributed by atoms with E-state index in [0.717, 1.165) is 44.7 Å². The zero-order valence-electron chi connectivity index (χ0n) is 11.4. The van der Waals surface area contributed by atoms with Crippen molar-refractivity contribution in [3.05, 3.63) is 30.1 Å². The average molecular weight is 277 g/mol. The van der Waals surface area contributed by atoms with E-state index >= 15 is 0 Å². The van der Waals surface area contributed by atoms with Crippen molar-refractivity contribution in [1.82, 2.24) is 10.6 Å². The van der Waals surface area contributed by atoms with Gasteiger partial charge in [-0.05, 0) is 31.0 Å². The van der Waals surface area contributed by atoms with Crippen LogP contribution in [0.4, 0.5) is 10.1 Å². The second-order valence-corrected chi connectivity index (χ2v) is 5.63. The Morgan fingerprint density at radius 3 is 2.95 bits per heavy atom. The maximum absolute atomic E-state index is 13.3. The molecule has 2 aliphatic heterocycles. The van der Waals surface area contributed by atoms with Gasteiger partial charge in [0.2, 0.25) is 5.91 Å². The zero-order valence-corrected chi connectivity index (χ0v) is 11.4. The van der Waals surface area contributed by atoms with Gasteiger partial charge in [0.05, 0.1) is 5.92 Å². The number of amides is 1. The fraction of sp³-hybridized carbons (Fsp3) is 0.533. The van der Waals surface area contributed by atoms with Crippen LogP contribution in [0.5, 0.6) is 0 Å². The SMILES string of the molecule is O=C(NC1CCCN(c2cccc(F)c2)C1)C1CNC1. The first-order valence-electron chi connectivity index (χ1n) is 7.24. The van der Waals surface area contributed by atoms with Crippen LogP contribution in [-0.4, -0.2) is 38.1 Å². The average Bonchev–Trinajstić information content (AvgIpc) is 2.37. The summed E-state index contributed by atoms with van der Waals surface area (Å²) in [5.41, 5.74) is 0.897. The number of rotatable bonds is 3. The quantitative estimate of drug-likeness (QED) is 0.870. The lowest BCUT2D eigenvalue weighted by Gasteiger charge is -2.36.